The highest BCUT2D eigenvalue weighted by Gasteiger charge is 2.33. The summed E-state index contributed by atoms with van der Waals surface area (Å²) in [7, 11) is 0. The number of amides is 5. The van der Waals surface area contributed by atoms with Gasteiger partial charge in [-0.1, -0.05) is 6.92 Å². The highest BCUT2D eigenvalue weighted by Crippen LogP contribution is 2.11. The van der Waals surface area contributed by atoms with Crippen molar-refractivity contribution in [1.29, 1.82) is 0 Å². The predicted molar refractivity (Wildman–Crippen MR) is 132 cm³/mol. The van der Waals surface area contributed by atoms with E-state index < -0.39 is 5.54 Å². The lowest BCUT2D eigenvalue weighted by atomic mass is 10.0. The minimum Gasteiger partial charge on any atom is -0.378 e. The normalized spacial score (nSPS) is 10.7. The third-order valence-electron chi connectivity index (χ3n) is 4.69. The van der Waals surface area contributed by atoms with Gasteiger partial charge < -0.3 is 45.6 Å². The SMILES string of the molecule is CCCC(=O)NC(COCCC=O)(COCCC(=O)NCCNC=O)COCCC(=O)NCCNC=O. The number of hydrogen-bond donors (Lipinski definition) is 5. The fraction of sp³-hybridized carbons (Fsp3) is 0.739. The average molecular weight is 532 g/mol. The Morgan fingerprint density at radius 2 is 1.16 bits per heavy atom. The Bertz CT molecular complexity index is 643. The summed E-state index contributed by atoms with van der Waals surface area (Å²) >= 11 is 0. The van der Waals surface area contributed by atoms with Crippen molar-refractivity contribution in [2.24, 2.45) is 0 Å². The minimum absolute atomic E-state index is 0.0105. The second kappa shape index (κ2) is 23.3. The Balaban J connectivity index is 4.95. The van der Waals surface area contributed by atoms with E-state index in [0.29, 0.717) is 32.3 Å². The summed E-state index contributed by atoms with van der Waals surface area (Å²) in [6.45, 7) is 3.24. The van der Waals surface area contributed by atoms with Crippen molar-refractivity contribution in [3.05, 3.63) is 0 Å². The molecule has 0 aliphatic carbocycles. The van der Waals surface area contributed by atoms with Crippen LogP contribution in [0.25, 0.3) is 0 Å². The molecule has 0 rings (SSSR count). The number of nitrogens with one attached hydrogen (secondary N) is 5. The third kappa shape index (κ3) is 19.7. The van der Waals surface area contributed by atoms with Crippen molar-refractivity contribution < 1.29 is 43.0 Å². The van der Waals surface area contributed by atoms with E-state index in [1.54, 1.807) is 0 Å². The fourth-order valence-electron chi connectivity index (χ4n) is 2.93. The van der Waals surface area contributed by atoms with Crippen LogP contribution in [0.15, 0.2) is 0 Å². The molecule has 14 nitrogen and oxygen atoms in total. The topological polar surface area (TPSA) is 190 Å². The summed E-state index contributed by atoms with van der Waals surface area (Å²) in [5.41, 5.74) is -1.11. The quantitative estimate of drug-likeness (QED) is 0.0608. The van der Waals surface area contributed by atoms with Gasteiger partial charge >= 0.3 is 0 Å². The van der Waals surface area contributed by atoms with Crippen LogP contribution in [0.1, 0.15) is 39.0 Å². The Morgan fingerprint density at radius 1 is 0.676 bits per heavy atom. The maximum absolute atomic E-state index is 12.4. The molecule has 212 valence electrons. The van der Waals surface area contributed by atoms with Gasteiger partial charge in [-0.05, 0) is 6.42 Å². The van der Waals surface area contributed by atoms with Gasteiger partial charge in [0.2, 0.25) is 30.5 Å². The molecule has 0 spiro atoms. The van der Waals surface area contributed by atoms with Crippen LogP contribution >= 0.6 is 0 Å². The molecule has 0 fully saturated rings. The van der Waals surface area contributed by atoms with Gasteiger partial charge in [0.05, 0.1) is 39.6 Å². The molecule has 14 heteroatoms. The first-order valence-corrected chi connectivity index (χ1v) is 12.3. The summed E-state index contributed by atoms with van der Waals surface area (Å²) in [5.74, 6) is -0.767. The van der Waals surface area contributed by atoms with E-state index in [1.807, 2.05) is 6.92 Å². The van der Waals surface area contributed by atoms with Crippen molar-refractivity contribution in [2.45, 2.75) is 44.6 Å². The van der Waals surface area contributed by atoms with Crippen LogP contribution in [0.3, 0.4) is 0 Å². The Hall–Kier alpha value is -3.10. The molecular formula is C23H41N5O9. The van der Waals surface area contributed by atoms with Crippen molar-refractivity contribution in [3.63, 3.8) is 0 Å². The zero-order valence-corrected chi connectivity index (χ0v) is 21.5. The van der Waals surface area contributed by atoms with E-state index in [0.717, 1.165) is 6.29 Å². The van der Waals surface area contributed by atoms with Crippen LogP contribution in [0.4, 0.5) is 0 Å². The number of hydrogen-bond acceptors (Lipinski definition) is 9. The van der Waals surface area contributed by atoms with Gasteiger partial charge in [-0.15, -0.1) is 0 Å². The molecule has 0 heterocycles. The number of aldehydes is 1. The molecule has 0 saturated heterocycles. The molecule has 0 saturated carbocycles. The molecule has 0 aromatic rings. The molecule has 0 aromatic heterocycles. The molecular weight excluding hydrogens is 490 g/mol. The third-order valence-corrected chi connectivity index (χ3v) is 4.69. The molecule has 0 aromatic carbocycles. The molecule has 0 bridgehead atoms. The van der Waals surface area contributed by atoms with E-state index >= 15 is 0 Å². The smallest absolute Gasteiger partial charge is 0.222 e. The van der Waals surface area contributed by atoms with Crippen LogP contribution < -0.4 is 26.6 Å². The lowest BCUT2D eigenvalue weighted by Gasteiger charge is -2.34. The molecule has 0 radical (unpaired) electrons. The molecule has 5 N–H and O–H groups in total. The summed E-state index contributed by atoms with van der Waals surface area (Å²) in [6, 6.07) is 0. The van der Waals surface area contributed by atoms with E-state index in [9.17, 15) is 28.8 Å². The first-order chi connectivity index (χ1) is 17.9. The van der Waals surface area contributed by atoms with Crippen LogP contribution in [0.2, 0.25) is 0 Å². The maximum Gasteiger partial charge on any atom is 0.222 e. The van der Waals surface area contributed by atoms with Crippen molar-refractivity contribution in [3.8, 4) is 0 Å². The Kier molecular flexibility index (Phi) is 21.4. The second-order valence-electron chi connectivity index (χ2n) is 8.04. The Labute approximate surface area is 217 Å². The van der Waals surface area contributed by atoms with Gasteiger partial charge in [-0.2, -0.15) is 0 Å². The lowest BCUT2D eigenvalue weighted by molar-refractivity contribution is -0.130. The van der Waals surface area contributed by atoms with Crippen LogP contribution in [-0.2, 0) is 43.0 Å². The van der Waals surface area contributed by atoms with Crippen LogP contribution in [0, 0.1) is 0 Å². The number of carbonyl (C=O) groups is 6. The van der Waals surface area contributed by atoms with Crippen molar-refractivity contribution in [2.75, 3.05) is 65.8 Å². The molecule has 0 unspecified atom stereocenters. The predicted octanol–water partition coefficient (Wildman–Crippen LogP) is -2.22. The zero-order valence-electron chi connectivity index (χ0n) is 21.5. The first-order valence-electron chi connectivity index (χ1n) is 12.3. The molecule has 5 amide bonds. The molecule has 0 aliphatic rings. The number of ether oxygens (including phenoxy) is 3. The molecule has 37 heavy (non-hydrogen) atoms. The lowest BCUT2D eigenvalue weighted by Crippen LogP contribution is -2.58. The number of rotatable bonds is 26. The Morgan fingerprint density at radius 3 is 1.59 bits per heavy atom. The highest BCUT2D eigenvalue weighted by molar-refractivity contribution is 5.77. The summed E-state index contributed by atoms with van der Waals surface area (Å²) in [6.07, 6.45) is 2.99. The van der Waals surface area contributed by atoms with Crippen LogP contribution in [0.5, 0.6) is 0 Å². The number of carbonyl (C=O) groups excluding carboxylic acids is 6. The highest BCUT2D eigenvalue weighted by atomic mass is 16.5. The van der Waals surface area contributed by atoms with E-state index in [4.69, 9.17) is 14.2 Å². The van der Waals surface area contributed by atoms with Crippen molar-refractivity contribution in [1.82, 2.24) is 26.6 Å². The van der Waals surface area contributed by atoms with Gasteiger partial charge in [0.15, 0.2) is 0 Å². The van der Waals surface area contributed by atoms with Gasteiger partial charge in [-0.3, -0.25) is 24.0 Å². The van der Waals surface area contributed by atoms with Crippen LogP contribution in [-0.4, -0.2) is 108 Å². The van der Waals surface area contributed by atoms with Crippen molar-refractivity contribution >= 4 is 36.8 Å². The summed E-state index contributed by atoms with van der Waals surface area (Å²) in [4.78, 5) is 67.4. The maximum atomic E-state index is 12.4. The minimum atomic E-state index is -1.11. The van der Waals surface area contributed by atoms with Gasteiger partial charge in [-0.25, -0.2) is 0 Å². The average Bonchev–Trinajstić information content (AvgIpc) is 2.88. The first kappa shape index (κ1) is 33.9. The zero-order chi connectivity index (χ0) is 27.6. The van der Waals surface area contributed by atoms with Gasteiger partial charge in [0, 0.05) is 51.9 Å². The fourth-order valence-corrected chi connectivity index (χ4v) is 2.93. The van der Waals surface area contributed by atoms with Gasteiger partial charge in [0.25, 0.3) is 0 Å². The summed E-state index contributed by atoms with van der Waals surface area (Å²) in [5, 5.41) is 13.0. The van der Waals surface area contributed by atoms with E-state index in [2.05, 4.69) is 26.6 Å². The monoisotopic (exact) mass is 531 g/mol. The molecule has 0 atom stereocenters. The van der Waals surface area contributed by atoms with Gasteiger partial charge in [0.1, 0.15) is 11.8 Å². The second-order valence-corrected chi connectivity index (χ2v) is 8.04. The van der Waals surface area contributed by atoms with E-state index in [-0.39, 0.29) is 96.1 Å². The summed E-state index contributed by atoms with van der Waals surface area (Å²) < 4.78 is 17.0. The van der Waals surface area contributed by atoms with E-state index in [1.165, 1.54) is 0 Å². The molecule has 0 aliphatic heterocycles. The standard InChI is InChI=1S/C23H41N5O9/c1-2-4-22(34)28-23(15-35-12-3-11-29,16-36-13-5-20(32)26-9-7-24-18-30)17-37-14-6-21(33)27-10-8-25-19-31/h11,18-19H,2-10,12-17H2,1H3,(H,24,30)(H,25,31)(H,26,32)(H,27,33)(H,28,34). The largest absolute Gasteiger partial charge is 0.378 e.